The number of nitrogens with one attached hydrogen (secondary N) is 2. The molecule has 136 valence electrons. The first-order valence-corrected chi connectivity index (χ1v) is 8.91. The van der Waals surface area contributed by atoms with Gasteiger partial charge in [0.2, 0.25) is 5.91 Å². The molecule has 2 aromatic carbocycles. The van der Waals surface area contributed by atoms with Crippen LogP contribution in [0.15, 0.2) is 54.6 Å². The Labute approximate surface area is 153 Å². The van der Waals surface area contributed by atoms with E-state index in [0.29, 0.717) is 18.2 Å². The Morgan fingerprint density at radius 2 is 1.96 bits per heavy atom. The largest absolute Gasteiger partial charge is 0.508 e. The summed E-state index contributed by atoms with van der Waals surface area (Å²) in [5.74, 6) is 1.34. The molecule has 1 aliphatic rings. The van der Waals surface area contributed by atoms with Crippen LogP contribution < -0.4 is 15.4 Å². The fraction of sp³-hybridized carbons (Fsp3) is 0.286. The molecule has 5 nitrogen and oxygen atoms in total. The number of phenols is 1. The minimum atomic E-state index is -0.214. The molecule has 3 N–H and O–H groups in total. The van der Waals surface area contributed by atoms with Gasteiger partial charge in [-0.05, 0) is 67.8 Å². The normalized spacial score (nSPS) is 15.1. The van der Waals surface area contributed by atoms with E-state index in [0.717, 1.165) is 37.2 Å². The first-order chi connectivity index (χ1) is 12.7. The van der Waals surface area contributed by atoms with Crippen molar-refractivity contribution < 1.29 is 14.6 Å². The average Bonchev–Trinajstić information content (AvgIpc) is 2.67. The maximum Gasteiger partial charge on any atom is 0.248 e. The highest BCUT2D eigenvalue weighted by atomic mass is 16.5. The molecule has 0 aliphatic carbocycles. The van der Waals surface area contributed by atoms with Gasteiger partial charge in [0.1, 0.15) is 11.5 Å². The van der Waals surface area contributed by atoms with Crippen molar-refractivity contribution in [2.45, 2.75) is 12.8 Å². The van der Waals surface area contributed by atoms with Crippen LogP contribution in [0.1, 0.15) is 18.4 Å². The van der Waals surface area contributed by atoms with Crippen molar-refractivity contribution in [2.75, 3.05) is 25.0 Å². The Bertz CT molecular complexity index is 750. The van der Waals surface area contributed by atoms with Crippen molar-refractivity contribution in [3.63, 3.8) is 0 Å². The third-order valence-corrected chi connectivity index (χ3v) is 4.37. The summed E-state index contributed by atoms with van der Waals surface area (Å²) in [5, 5.41) is 15.4. The molecule has 1 heterocycles. The zero-order chi connectivity index (χ0) is 18.2. The van der Waals surface area contributed by atoms with Crippen LogP contribution in [-0.4, -0.2) is 30.7 Å². The van der Waals surface area contributed by atoms with E-state index in [1.165, 1.54) is 6.08 Å². The number of amides is 1. The Balaban J connectivity index is 1.52. The SMILES string of the molecule is O=C(C=Cc1ccc(O)cc1)Nc1cccc(OCC2CCNCC2)c1. The molecule has 1 fully saturated rings. The van der Waals surface area contributed by atoms with Gasteiger partial charge in [0.05, 0.1) is 6.61 Å². The molecule has 0 unspecified atom stereocenters. The Hall–Kier alpha value is -2.79. The molecule has 1 amide bonds. The summed E-state index contributed by atoms with van der Waals surface area (Å²) in [5.41, 5.74) is 1.55. The molecule has 2 aromatic rings. The molecule has 5 heteroatoms. The van der Waals surface area contributed by atoms with E-state index in [1.807, 2.05) is 24.3 Å². The number of phenolic OH excluding ortho intramolecular Hbond substituents is 1. The van der Waals surface area contributed by atoms with Crippen molar-refractivity contribution >= 4 is 17.7 Å². The third kappa shape index (κ3) is 5.63. The van der Waals surface area contributed by atoms with Gasteiger partial charge in [-0.2, -0.15) is 0 Å². The van der Waals surface area contributed by atoms with Crippen molar-refractivity contribution in [1.82, 2.24) is 5.32 Å². The topological polar surface area (TPSA) is 70.6 Å². The number of carbonyl (C=O) groups is 1. The number of rotatable bonds is 6. The third-order valence-electron chi connectivity index (χ3n) is 4.37. The predicted molar refractivity (Wildman–Crippen MR) is 103 cm³/mol. The van der Waals surface area contributed by atoms with Crippen LogP contribution in [0.3, 0.4) is 0 Å². The van der Waals surface area contributed by atoms with E-state index in [1.54, 1.807) is 30.3 Å². The van der Waals surface area contributed by atoms with E-state index < -0.39 is 0 Å². The highest BCUT2D eigenvalue weighted by molar-refractivity contribution is 6.02. The summed E-state index contributed by atoms with van der Waals surface area (Å²) < 4.78 is 5.89. The van der Waals surface area contributed by atoms with Gasteiger partial charge in [-0.15, -0.1) is 0 Å². The monoisotopic (exact) mass is 352 g/mol. The maximum atomic E-state index is 12.1. The molecular formula is C21H24N2O3. The van der Waals surface area contributed by atoms with Crippen molar-refractivity contribution in [2.24, 2.45) is 5.92 Å². The summed E-state index contributed by atoms with van der Waals surface area (Å²) in [6, 6.07) is 14.1. The Kier molecular flexibility index (Phi) is 6.28. The number of hydrogen-bond acceptors (Lipinski definition) is 4. The molecule has 0 aromatic heterocycles. The number of benzene rings is 2. The quantitative estimate of drug-likeness (QED) is 0.697. The summed E-state index contributed by atoms with van der Waals surface area (Å²) in [6.45, 7) is 2.81. The molecule has 0 saturated carbocycles. The van der Waals surface area contributed by atoms with Gasteiger partial charge in [-0.1, -0.05) is 18.2 Å². The van der Waals surface area contributed by atoms with Crippen LogP contribution in [0.2, 0.25) is 0 Å². The molecule has 26 heavy (non-hydrogen) atoms. The predicted octanol–water partition coefficient (Wildman–Crippen LogP) is 3.42. The highest BCUT2D eigenvalue weighted by Crippen LogP contribution is 2.20. The van der Waals surface area contributed by atoms with Crippen molar-refractivity contribution in [3.8, 4) is 11.5 Å². The minimum absolute atomic E-state index is 0.202. The van der Waals surface area contributed by atoms with Crippen LogP contribution in [0.25, 0.3) is 6.08 Å². The summed E-state index contributed by atoms with van der Waals surface area (Å²) in [4.78, 5) is 12.1. The van der Waals surface area contributed by atoms with E-state index >= 15 is 0 Å². The van der Waals surface area contributed by atoms with Gasteiger partial charge in [0.15, 0.2) is 0 Å². The number of hydrogen-bond donors (Lipinski definition) is 3. The number of ether oxygens (including phenoxy) is 1. The molecular weight excluding hydrogens is 328 g/mol. The van der Waals surface area contributed by atoms with Gasteiger partial charge < -0.3 is 20.5 Å². The molecule has 0 atom stereocenters. The van der Waals surface area contributed by atoms with E-state index in [9.17, 15) is 9.90 Å². The lowest BCUT2D eigenvalue weighted by molar-refractivity contribution is -0.111. The van der Waals surface area contributed by atoms with Gasteiger partial charge in [0.25, 0.3) is 0 Å². The minimum Gasteiger partial charge on any atom is -0.508 e. The van der Waals surface area contributed by atoms with Crippen LogP contribution in [0, 0.1) is 5.92 Å². The average molecular weight is 352 g/mol. The number of aromatic hydroxyl groups is 1. The summed E-state index contributed by atoms with van der Waals surface area (Å²) >= 11 is 0. The fourth-order valence-electron chi connectivity index (χ4n) is 2.87. The van der Waals surface area contributed by atoms with Gasteiger partial charge in [-0.25, -0.2) is 0 Å². The first kappa shape index (κ1) is 18.0. The van der Waals surface area contributed by atoms with Crippen LogP contribution in [-0.2, 0) is 4.79 Å². The maximum absolute atomic E-state index is 12.1. The summed E-state index contributed by atoms with van der Waals surface area (Å²) in [6.07, 6.45) is 5.44. The van der Waals surface area contributed by atoms with Crippen molar-refractivity contribution in [3.05, 3.63) is 60.2 Å². The van der Waals surface area contributed by atoms with Gasteiger partial charge >= 0.3 is 0 Å². The molecule has 0 radical (unpaired) electrons. The molecule has 0 spiro atoms. The molecule has 3 rings (SSSR count). The Morgan fingerprint density at radius 1 is 1.19 bits per heavy atom. The summed E-state index contributed by atoms with van der Waals surface area (Å²) in [7, 11) is 0. The lowest BCUT2D eigenvalue weighted by atomic mass is 9.99. The van der Waals surface area contributed by atoms with Crippen molar-refractivity contribution in [1.29, 1.82) is 0 Å². The van der Waals surface area contributed by atoms with E-state index in [2.05, 4.69) is 10.6 Å². The lowest BCUT2D eigenvalue weighted by Crippen LogP contribution is -2.30. The zero-order valence-electron chi connectivity index (χ0n) is 14.7. The second-order valence-electron chi connectivity index (χ2n) is 6.45. The van der Waals surface area contributed by atoms with Gasteiger partial charge in [0, 0.05) is 17.8 Å². The number of carbonyl (C=O) groups excluding carboxylic acids is 1. The van der Waals surface area contributed by atoms with E-state index in [4.69, 9.17) is 4.74 Å². The lowest BCUT2D eigenvalue weighted by Gasteiger charge is -2.22. The number of piperidine rings is 1. The van der Waals surface area contributed by atoms with Crippen LogP contribution in [0.4, 0.5) is 5.69 Å². The van der Waals surface area contributed by atoms with Gasteiger partial charge in [-0.3, -0.25) is 4.79 Å². The second-order valence-corrected chi connectivity index (χ2v) is 6.45. The molecule has 1 aliphatic heterocycles. The number of anilines is 1. The second kappa shape index (κ2) is 9.06. The molecule has 1 saturated heterocycles. The fourth-order valence-corrected chi connectivity index (χ4v) is 2.87. The zero-order valence-corrected chi connectivity index (χ0v) is 14.7. The smallest absolute Gasteiger partial charge is 0.248 e. The van der Waals surface area contributed by atoms with E-state index in [-0.39, 0.29) is 11.7 Å². The highest BCUT2D eigenvalue weighted by Gasteiger charge is 2.13. The Morgan fingerprint density at radius 3 is 2.73 bits per heavy atom. The first-order valence-electron chi connectivity index (χ1n) is 8.91. The van der Waals surface area contributed by atoms with Crippen LogP contribution in [0.5, 0.6) is 11.5 Å². The molecule has 0 bridgehead atoms. The standard InChI is InChI=1S/C21H24N2O3/c24-19-7-4-16(5-8-19)6-9-21(25)23-18-2-1-3-20(14-18)26-15-17-10-12-22-13-11-17/h1-9,14,17,22,24H,10-13,15H2,(H,23,25). The van der Waals surface area contributed by atoms with Crippen LogP contribution >= 0.6 is 0 Å².